The van der Waals surface area contributed by atoms with Crippen molar-refractivity contribution >= 4 is 41.4 Å². The minimum Gasteiger partial charge on any atom is -0.449 e. The van der Waals surface area contributed by atoms with Crippen LogP contribution in [0.2, 0.25) is 0 Å². The van der Waals surface area contributed by atoms with Gasteiger partial charge >= 0.3 is 6.09 Å². The molecule has 1 aliphatic rings. The number of Topliss-reactive ketones (excluding diaryl/α,β-unsaturated/α-hetero) is 1. The van der Waals surface area contributed by atoms with Crippen molar-refractivity contribution in [3.05, 3.63) is 35.9 Å². The molecule has 1 fully saturated rings. The van der Waals surface area contributed by atoms with Gasteiger partial charge in [0, 0.05) is 6.54 Å². The molecule has 15 nitrogen and oxygen atoms in total. The quantitative estimate of drug-likeness (QED) is 0.117. The lowest BCUT2D eigenvalue weighted by atomic mass is 10.0. The first-order chi connectivity index (χ1) is 21.4. The lowest BCUT2D eigenvalue weighted by Crippen LogP contribution is -2.54. The Hall–Kier alpha value is -4.53. The molecule has 0 spiro atoms. The molecule has 1 unspecified atom stereocenters. The summed E-state index contributed by atoms with van der Waals surface area (Å²) in [5.74, 6) is -4.69. The lowest BCUT2D eigenvalue weighted by Gasteiger charge is -2.26. The first kappa shape index (κ1) is 36.7. The molecule has 0 bridgehead atoms. The van der Waals surface area contributed by atoms with Crippen molar-refractivity contribution in [2.75, 3.05) is 39.8 Å². The number of primary amides is 1. The predicted molar refractivity (Wildman–Crippen MR) is 163 cm³/mol. The number of amides is 6. The summed E-state index contributed by atoms with van der Waals surface area (Å²) >= 11 is 0. The highest BCUT2D eigenvalue weighted by Gasteiger charge is 2.40. The average Bonchev–Trinajstić information content (AvgIpc) is 3.44. The van der Waals surface area contributed by atoms with E-state index in [0.717, 1.165) is 0 Å². The fourth-order valence-electron chi connectivity index (χ4n) is 4.83. The molecule has 1 aliphatic heterocycles. The van der Waals surface area contributed by atoms with E-state index in [1.54, 1.807) is 44.3 Å². The highest BCUT2D eigenvalue weighted by atomic mass is 16.5. The largest absolute Gasteiger partial charge is 0.449 e. The van der Waals surface area contributed by atoms with Crippen LogP contribution in [-0.4, -0.2) is 98.2 Å². The van der Waals surface area contributed by atoms with E-state index in [2.05, 4.69) is 26.6 Å². The molecule has 1 saturated heterocycles. The van der Waals surface area contributed by atoms with Gasteiger partial charge in [-0.1, -0.05) is 57.5 Å². The summed E-state index contributed by atoms with van der Waals surface area (Å²) in [7, 11) is 1.75. The molecule has 0 aliphatic carbocycles. The molecular weight excluding hydrogens is 586 g/mol. The van der Waals surface area contributed by atoms with Gasteiger partial charge in [-0.3, -0.25) is 28.8 Å². The van der Waals surface area contributed by atoms with Gasteiger partial charge < -0.3 is 42.0 Å². The number of carbonyl (C=O) groups is 7. The van der Waals surface area contributed by atoms with Crippen LogP contribution in [0.1, 0.15) is 51.6 Å². The number of alkyl carbamates (subject to hydrolysis) is 1. The van der Waals surface area contributed by atoms with Crippen molar-refractivity contribution in [3.63, 3.8) is 0 Å². The maximum atomic E-state index is 13.4. The van der Waals surface area contributed by atoms with Gasteiger partial charge in [-0.2, -0.15) is 0 Å². The monoisotopic (exact) mass is 631 g/mol. The van der Waals surface area contributed by atoms with Gasteiger partial charge in [0.1, 0.15) is 18.6 Å². The Bertz CT molecular complexity index is 1210. The van der Waals surface area contributed by atoms with Crippen LogP contribution in [-0.2, 0) is 33.5 Å². The number of carbonyl (C=O) groups excluding carboxylic acids is 7. The Labute approximate surface area is 262 Å². The van der Waals surface area contributed by atoms with E-state index < -0.39 is 66.1 Å². The van der Waals surface area contributed by atoms with E-state index in [1.165, 1.54) is 4.90 Å². The molecule has 4 atom stereocenters. The maximum absolute atomic E-state index is 13.4. The normalized spacial score (nSPS) is 17.1. The van der Waals surface area contributed by atoms with Crippen molar-refractivity contribution in [1.29, 1.82) is 0 Å². The van der Waals surface area contributed by atoms with Crippen molar-refractivity contribution in [3.8, 4) is 0 Å². The van der Waals surface area contributed by atoms with Gasteiger partial charge in [0.05, 0.1) is 19.2 Å². The van der Waals surface area contributed by atoms with Crippen LogP contribution >= 0.6 is 0 Å². The number of nitrogens with one attached hydrogen (secondary N) is 5. The van der Waals surface area contributed by atoms with Crippen LogP contribution in [0.5, 0.6) is 0 Å². The summed E-state index contributed by atoms with van der Waals surface area (Å²) in [6, 6.07) is 5.00. The van der Waals surface area contributed by atoms with Crippen LogP contribution < -0.4 is 32.3 Å². The zero-order chi connectivity index (χ0) is 33.5. The average molecular weight is 632 g/mol. The molecule has 45 heavy (non-hydrogen) atoms. The second kappa shape index (κ2) is 18.3. The fraction of sp³-hybridized carbons (Fsp3) is 0.567. The SMILES string of the molecule is CCCC(NC(=O)[C@@H]1C[C@@H](CNC)CN1C(=O)CNC(=O)OCC(C)C)C(=O)C(=O)NCC(=O)N[C@H](C(N)=O)c1ccccc1. The first-order valence-corrected chi connectivity index (χ1v) is 15.0. The third-order valence-electron chi connectivity index (χ3n) is 7.00. The number of nitrogens with two attached hydrogens (primary N) is 1. The Morgan fingerprint density at radius 2 is 1.69 bits per heavy atom. The molecule has 1 heterocycles. The van der Waals surface area contributed by atoms with Gasteiger partial charge in [-0.15, -0.1) is 0 Å². The zero-order valence-electron chi connectivity index (χ0n) is 26.2. The van der Waals surface area contributed by atoms with Gasteiger partial charge in [-0.25, -0.2) is 4.79 Å². The molecule has 0 saturated carbocycles. The molecule has 15 heteroatoms. The molecular formula is C30H45N7O8. The van der Waals surface area contributed by atoms with E-state index in [9.17, 15) is 33.6 Å². The minimum atomic E-state index is -1.21. The van der Waals surface area contributed by atoms with E-state index in [1.807, 2.05) is 13.8 Å². The topological polar surface area (TPSA) is 218 Å². The summed E-state index contributed by atoms with van der Waals surface area (Å²) in [5, 5.41) is 12.7. The zero-order valence-corrected chi connectivity index (χ0v) is 26.2. The Kier molecular flexibility index (Phi) is 14.9. The summed E-state index contributed by atoms with van der Waals surface area (Å²) < 4.78 is 5.03. The van der Waals surface area contributed by atoms with E-state index in [0.29, 0.717) is 24.9 Å². The summed E-state index contributed by atoms with van der Waals surface area (Å²) in [4.78, 5) is 89.8. The summed E-state index contributed by atoms with van der Waals surface area (Å²) in [6.07, 6.45) is 0.131. The molecule has 6 amide bonds. The van der Waals surface area contributed by atoms with Gasteiger partial charge in [-0.05, 0) is 43.8 Å². The predicted octanol–water partition coefficient (Wildman–Crippen LogP) is -0.882. The number of nitrogens with zero attached hydrogens (tertiary/aromatic N) is 1. The van der Waals surface area contributed by atoms with Crippen molar-refractivity contribution in [1.82, 2.24) is 31.5 Å². The molecule has 0 radical (unpaired) electrons. The van der Waals surface area contributed by atoms with Crippen LogP contribution in [0.4, 0.5) is 4.79 Å². The fourth-order valence-corrected chi connectivity index (χ4v) is 4.83. The van der Waals surface area contributed by atoms with E-state index in [4.69, 9.17) is 10.5 Å². The second-order valence-electron chi connectivity index (χ2n) is 11.3. The number of hydrogen-bond donors (Lipinski definition) is 6. The van der Waals surface area contributed by atoms with Crippen LogP contribution in [0.3, 0.4) is 0 Å². The number of likely N-dealkylation sites (tertiary alicyclic amines) is 1. The summed E-state index contributed by atoms with van der Waals surface area (Å²) in [5.41, 5.74) is 5.86. The Balaban J connectivity index is 2.01. The standard InChI is InChI=1S/C30H45N7O8/c1-5-9-21(26(40)29(43)33-14-23(38)36-25(27(31)41)20-10-7-6-8-11-20)35-28(42)22-12-19(13-32-4)16-37(22)24(39)15-34-30(44)45-17-18(2)3/h6-8,10-11,18-19,21-22,25,32H,5,9,12-17H2,1-4H3,(H2,31,41)(H,33,43)(H,34,44)(H,35,42)(H,36,38)/t19-,21?,22-,25-/m0/s1. The third kappa shape index (κ3) is 11.8. The Morgan fingerprint density at radius 3 is 2.29 bits per heavy atom. The van der Waals surface area contributed by atoms with E-state index in [-0.39, 0.29) is 38.0 Å². The number of ketones is 1. The van der Waals surface area contributed by atoms with Crippen molar-refractivity contribution in [2.24, 2.45) is 17.6 Å². The van der Waals surface area contributed by atoms with Crippen LogP contribution in [0.15, 0.2) is 30.3 Å². The van der Waals surface area contributed by atoms with Crippen molar-refractivity contribution < 1.29 is 38.3 Å². The first-order valence-electron chi connectivity index (χ1n) is 15.0. The second-order valence-corrected chi connectivity index (χ2v) is 11.3. The molecule has 0 aromatic heterocycles. The maximum Gasteiger partial charge on any atom is 0.407 e. The molecule has 2 rings (SSSR count). The molecule has 248 valence electrons. The van der Waals surface area contributed by atoms with Crippen LogP contribution in [0, 0.1) is 11.8 Å². The minimum absolute atomic E-state index is 0.0650. The lowest BCUT2D eigenvalue weighted by molar-refractivity contribution is -0.142. The smallest absolute Gasteiger partial charge is 0.407 e. The van der Waals surface area contributed by atoms with Crippen molar-refractivity contribution in [2.45, 2.75) is 58.2 Å². The number of ether oxygens (including phenoxy) is 1. The highest BCUT2D eigenvalue weighted by Crippen LogP contribution is 2.23. The van der Waals surface area contributed by atoms with Gasteiger partial charge in [0.2, 0.25) is 29.4 Å². The summed E-state index contributed by atoms with van der Waals surface area (Å²) in [6.45, 7) is 5.48. The number of rotatable bonds is 17. The van der Waals surface area contributed by atoms with Gasteiger partial charge in [0.25, 0.3) is 5.91 Å². The number of benzene rings is 1. The number of hydrogen-bond acceptors (Lipinski definition) is 9. The van der Waals surface area contributed by atoms with Crippen LogP contribution in [0.25, 0.3) is 0 Å². The highest BCUT2D eigenvalue weighted by molar-refractivity contribution is 6.38. The van der Waals surface area contributed by atoms with E-state index >= 15 is 0 Å². The molecule has 7 N–H and O–H groups in total. The molecule has 1 aromatic carbocycles. The van der Waals surface area contributed by atoms with Gasteiger partial charge in [0.15, 0.2) is 0 Å². The Morgan fingerprint density at radius 1 is 1.00 bits per heavy atom. The molecule has 1 aromatic rings. The third-order valence-corrected chi connectivity index (χ3v) is 7.00.